The van der Waals surface area contributed by atoms with E-state index in [-0.39, 0.29) is 6.37 Å². The first-order valence-electron chi connectivity index (χ1n) is 11.9. The number of pyridine rings is 1. The monoisotopic (exact) mass is 673 g/mol. The Balaban J connectivity index is 2.73. The van der Waals surface area contributed by atoms with Crippen LogP contribution in [0.25, 0.3) is 0 Å². The topological polar surface area (TPSA) is 68.1 Å². The Morgan fingerprint density at radius 1 is 1.26 bits per heavy atom. The Kier molecular flexibility index (Phi) is 13.5. The standard InChI is InChI=1S/C26H35F2IN7PS/c1-8-11-18(4)14-23(31-17(2)3)33-24-15-20(32-19-12-9-10-13-21(19)35(6)38-7)25(30-5)26(34-24)36(37-29)16-22(27)28/h9-15,22,37H,5,8,16H2,1-4,6-7H3,(H2,32,33,34)/b18-11+,23-14+. The van der Waals surface area contributed by atoms with E-state index in [2.05, 4.69) is 62.4 Å². The van der Waals surface area contributed by atoms with Crippen molar-refractivity contribution in [2.75, 3.05) is 39.5 Å². The molecular weight excluding hydrogens is 638 g/mol. The number of hydrogen-bond donors (Lipinski definition) is 2. The molecule has 0 saturated heterocycles. The fourth-order valence-corrected chi connectivity index (χ4v) is 5.56. The number of allylic oxidation sites excluding steroid dienone is 3. The molecule has 206 valence electrons. The zero-order valence-corrected chi connectivity index (χ0v) is 26.5. The minimum Gasteiger partial charge on any atom is -0.352 e. The number of nitrogens with zero attached hydrogens (tertiary/aromatic N) is 5. The highest BCUT2D eigenvalue weighted by atomic mass is 127. The molecule has 1 aromatic carbocycles. The minimum absolute atomic E-state index is 0.0158. The number of hydrogen-bond acceptors (Lipinski definition) is 8. The third-order valence-corrected chi connectivity index (χ3v) is 8.18. The van der Waals surface area contributed by atoms with Crippen LogP contribution in [0.5, 0.6) is 0 Å². The molecule has 0 radical (unpaired) electrons. The van der Waals surface area contributed by atoms with E-state index in [9.17, 15) is 8.78 Å². The lowest BCUT2D eigenvalue weighted by atomic mass is 10.2. The van der Waals surface area contributed by atoms with Crippen LogP contribution in [0.15, 0.2) is 63.9 Å². The molecule has 1 unspecified atom stereocenters. The number of halogens is 3. The Morgan fingerprint density at radius 3 is 2.55 bits per heavy atom. The van der Waals surface area contributed by atoms with Crippen molar-refractivity contribution in [1.82, 2.24) is 4.98 Å². The molecule has 1 heterocycles. The van der Waals surface area contributed by atoms with Crippen molar-refractivity contribution in [1.29, 1.82) is 0 Å². The summed E-state index contributed by atoms with van der Waals surface area (Å²) in [6.45, 7) is 11.2. The van der Waals surface area contributed by atoms with Crippen molar-refractivity contribution >= 4 is 87.2 Å². The Hall–Kier alpha value is -2.24. The number of nitrogens with one attached hydrogen (secondary N) is 2. The lowest BCUT2D eigenvalue weighted by Crippen LogP contribution is -2.21. The van der Waals surface area contributed by atoms with Crippen LogP contribution in [-0.2, 0) is 0 Å². The first kappa shape index (κ1) is 32.0. The van der Waals surface area contributed by atoms with Gasteiger partial charge in [-0.3, -0.25) is 4.99 Å². The van der Waals surface area contributed by atoms with Crippen molar-refractivity contribution < 1.29 is 8.78 Å². The van der Waals surface area contributed by atoms with E-state index in [1.165, 1.54) is 4.67 Å². The normalized spacial score (nSPS) is 12.2. The summed E-state index contributed by atoms with van der Waals surface area (Å²) >= 11 is 3.65. The molecule has 2 N–H and O–H groups in total. The average molecular weight is 674 g/mol. The Bertz CT molecular complexity index is 1190. The number of aliphatic imine (C=N–C) groups is 2. The second-order valence-corrected chi connectivity index (χ2v) is 11.4. The molecule has 38 heavy (non-hydrogen) atoms. The smallest absolute Gasteiger partial charge is 0.256 e. The van der Waals surface area contributed by atoms with Crippen molar-refractivity contribution in [3.8, 4) is 0 Å². The molecule has 0 aliphatic rings. The van der Waals surface area contributed by atoms with E-state index < -0.39 is 13.0 Å². The average Bonchev–Trinajstić information content (AvgIpc) is 2.86. The quantitative estimate of drug-likeness (QED) is 0.0687. The number of rotatable bonds is 14. The fraction of sp³-hybridized carbons (Fsp3) is 0.346. The molecule has 0 saturated carbocycles. The van der Waals surface area contributed by atoms with E-state index in [4.69, 9.17) is 4.98 Å². The van der Waals surface area contributed by atoms with Crippen molar-refractivity contribution in [3.63, 3.8) is 0 Å². The van der Waals surface area contributed by atoms with Crippen LogP contribution in [0.4, 0.5) is 43.2 Å². The van der Waals surface area contributed by atoms with Gasteiger partial charge >= 0.3 is 0 Å². The van der Waals surface area contributed by atoms with Gasteiger partial charge in [0.25, 0.3) is 6.43 Å². The molecule has 0 spiro atoms. The molecule has 0 aliphatic carbocycles. The predicted molar refractivity (Wildman–Crippen MR) is 175 cm³/mol. The Morgan fingerprint density at radius 2 is 1.97 bits per heavy atom. The molecule has 2 rings (SSSR count). The van der Waals surface area contributed by atoms with Gasteiger partial charge in [-0.1, -0.05) is 42.7 Å². The molecule has 1 atom stereocenters. The van der Waals surface area contributed by atoms with Gasteiger partial charge in [-0.05, 0) is 74.2 Å². The van der Waals surface area contributed by atoms with Crippen molar-refractivity contribution in [2.45, 2.75) is 40.5 Å². The maximum atomic E-state index is 13.5. The van der Waals surface area contributed by atoms with Gasteiger partial charge in [-0.2, -0.15) is 0 Å². The van der Waals surface area contributed by atoms with Crippen LogP contribution in [0.2, 0.25) is 0 Å². The Labute approximate surface area is 243 Å². The second kappa shape index (κ2) is 16.0. The molecule has 7 nitrogen and oxygen atoms in total. The van der Waals surface area contributed by atoms with Crippen LogP contribution in [0.3, 0.4) is 0 Å². The zero-order valence-electron chi connectivity index (χ0n) is 22.5. The molecule has 0 bridgehead atoms. The third-order valence-electron chi connectivity index (χ3n) is 5.09. The molecule has 0 fully saturated rings. The molecule has 2 aromatic rings. The van der Waals surface area contributed by atoms with Crippen LogP contribution in [0, 0.1) is 0 Å². The zero-order chi connectivity index (χ0) is 28.2. The summed E-state index contributed by atoms with van der Waals surface area (Å²) in [5.41, 5.74) is 4.67. The molecule has 0 amide bonds. The lowest BCUT2D eigenvalue weighted by Gasteiger charge is -2.25. The van der Waals surface area contributed by atoms with Gasteiger partial charge in [-0.25, -0.2) is 18.8 Å². The van der Waals surface area contributed by atoms with Crippen LogP contribution >= 0.6 is 40.4 Å². The fourth-order valence-electron chi connectivity index (χ4n) is 3.49. The van der Waals surface area contributed by atoms with Crippen molar-refractivity contribution in [2.24, 2.45) is 9.98 Å². The number of alkyl halides is 2. The molecular formula is C26H35F2IN7PS. The number of anilines is 5. The first-order chi connectivity index (χ1) is 18.1. The molecule has 1 aromatic heterocycles. The van der Waals surface area contributed by atoms with Gasteiger partial charge in [0, 0.05) is 31.5 Å². The largest absolute Gasteiger partial charge is 0.352 e. The third kappa shape index (κ3) is 9.50. The van der Waals surface area contributed by atoms with Gasteiger partial charge in [0.1, 0.15) is 17.3 Å². The summed E-state index contributed by atoms with van der Waals surface area (Å²) in [4.78, 5) is 13.6. The number of benzene rings is 1. The summed E-state index contributed by atoms with van der Waals surface area (Å²) < 4.78 is 30.6. The first-order valence-corrected chi connectivity index (χ1v) is 17.1. The van der Waals surface area contributed by atoms with E-state index in [0.717, 1.165) is 29.1 Å². The number of aromatic nitrogens is 1. The summed E-state index contributed by atoms with van der Waals surface area (Å²) in [6, 6.07) is 9.64. The lowest BCUT2D eigenvalue weighted by molar-refractivity contribution is 0.159. The maximum absolute atomic E-state index is 13.5. The summed E-state index contributed by atoms with van der Waals surface area (Å²) in [5.74, 6) is 1.35. The summed E-state index contributed by atoms with van der Waals surface area (Å²) in [6.07, 6.45) is 4.39. The van der Waals surface area contributed by atoms with Crippen LogP contribution in [-0.4, -0.2) is 43.7 Å². The highest BCUT2D eigenvalue weighted by molar-refractivity contribution is 14.2. The highest BCUT2D eigenvalue weighted by Gasteiger charge is 2.22. The molecule has 12 heteroatoms. The number of para-hydroxylation sites is 2. The van der Waals surface area contributed by atoms with E-state index in [0.29, 0.717) is 28.8 Å². The maximum Gasteiger partial charge on any atom is 0.256 e. The van der Waals surface area contributed by atoms with Crippen LogP contribution < -0.4 is 19.6 Å². The summed E-state index contributed by atoms with van der Waals surface area (Å²) in [7, 11) is 1.97. The minimum atomic E-state index is -2.54. The van der Waals surface area contributed by atoms with Gasteiger partial charge in [0.05, 0.1) is 23.6 Å². The predicted octanol–water partition coefficient (Wildman–Crippen LogP) is 8.98. The molecule has 0 aliphatic heterocycles. The second-order valence-electron chi connectivity index (χ2n) is 8.36. The summed E-state index contributed by atoms with van der Waals surface area (Å²) in [5, 5.41) is 6.74. The SMILES string of the molecule is C=Nc1c(Nc2ccccc2N(C)SC)cc(N/C(=C/C(C)=C/CC)N=C(C)C)nc1N(CC(F)F)PI. The van der Waals surface area contributed by atoms with Gasteiger partial charge in [0.2, 0.25) is 0 Å². The highest BCUT2D eigenvalue weighted by Crippen LogP contribution is 2.45. The van der Waals surface area contributed by atoms with Gasteiger partial charge in [-0.15, -0.1) is 0 Å². The van der Waals surface area contributed by atoms with Gasteiger partial charge < -0.3 is 19.6 Å². The van der Waals surface area contributed by atoms with E-state index in [1.54, 1.807) is 18.0 Å². The van der Waals surface area contributed by atoms with E-state index >= 15 is 0 Å². The van der Waals surface area contributed by atoms with Crippen LogP contribution in [0.1, 0.15) is 34.1 Å². The van der Waals surface area contributed by atoms with Gasteiger partial charge in [0.15, 0.2) is 5.82 Å². The van der Waals surface area contributed by atoms with E-state index in [1.807, 2.05) is 68.7 Å². The van der Waals surface area contributed by atoms with Crippen molar-refractivity contribution in [3.05, 3.63) is 53.9 Å².